The molecule has 0 aromatic heterocycles. The van der Waals surface area contributed by atoms with E-state index in [4.69, 9.17) is 16.3 Å². The van der Waals surface area contributed by atoms with E-state index >= 15 is 0 Å². The molecule has 6 nitrogen and oxygen atoms in total. The van der Waals surface area contributed by atoms with E-state index in [-0.39, 0.29) is 10.8 Å². The summed E-state index contributed by atoms with van der Waals surface area (Å²) in [6.45, 7) is 6.18. The van der Waals surface area contributed by atoms with Gasteiger partial charge in [0.2, 0.25) is 0 Å². The highest BCUT2D eigenvalue weighted by Crippen LogP contribution is 2.25. The summed E-state index contributed by atoms with van der Waals surface area (Å²) < 4.78 is 7.08. The molecule has 0 spiro atoms. The molecule has 0 saturated carbocycles. The third kappa shape index (κ3) is 7.58. The number of phenolic OH excluding ortho intramolecular Hbond substituents is 1. The van der Waals surface area contributed by atoms with Crippen molar-refractivity contribution in [1.82, 2.24) is 10.7 Å². The van der Waals surface area contributed by atoms with Crippen LogP contribution >= 0.6 is 27.5 Å². The molecule has 3 rings (SSSR count). The molecule has 0 saturated heterocycles. The zero-order valence-electron chi connectivity index (χ0n) is 19.1. The lowest BCUT2D eigenvalue weighted by Gasteiger charge is -2.13. The minimum Gasteiger partial charge on any atom is -0.506 e. The molecule has 3 aromatic carbocycles. The van der Waals surface area contributed by atoms with Crippen molar-refractivity contribution in [1.29, 1.82) is 0 Å². The van der Waals surface area contributed by atoms with Gasteiger partial charge in [0.05, 0.1) is 11.2 Å². The van der Waals surface area contributed by atoms with Crippen LogP contribution in [-0.2, 0) is 6.42 Å². The highest BCUT2D eigenvalue weighted by atomic mass is 79.9. The van der Waals surface area contributed by atoms with Gasteiger partial charge in [-0.1, -0.05) is 39.7 Å². The Bertz CT molecular complexity index is 1140. The standard InChI is InChI=1S/C26H27BrClN3O3/c1-17-13-20(16-30-31-26(33)21-5-8-24(32)23(28)15-21)14-18(2)25(17)34-12-11-29-10-9-19-3-6-22(27)7-4-19/h3-8,13-16,29,32H,9-12H2,1-2H3,(H,31,33)/b30-16+. The zero-order chi connectivity index (χ0) is 24.5. The number of halogens is 2. The fourth-order valence-corrected chi connectivity index (χ4v) is 3.84. The fourth-order valence-electron chi connectivity index (χ4n) is 3.40. The van der Waals surface area contributed by atoms with Gasteiger partial charge < -0.3 is 15.2 Å². The summed E-state index contributed by atoms with van der Waals surface area (Å²) in [7, 11) is 0. The number of aryl methyl sites for hydroxylation is 2. The van der Waals surface area contributed by atoms with Gasteiger partial charge in [-0.15, -0.1) is 0 Å². The Hall–Kier alpha value is -2.87. The fraction of sp³-hybridized carbons (Fsp3) is 0.231. The van der Waals surface area contributed by atoms with Gasteiger partial charge in [0.15, 0.2) is 0 Å². The summed E-state index contributed by atoms with van der Waals surface area (Å²) in [4.78, 5) is 12.2. The molecular formula is C26H27BrClN3O3. The Morgan fingerprint density at radius 2 is 1.79 bits per heavy atom. The van der Waals surface area contributed by atoms with Crippen LogP contribution in [0.5, 0.6) is 11.5 Å². The molecule has 0 aliphatic rings. The molecule has 0 atom stereocenters. The van der Waals surface area contributed by atoms with Crippen LogP contribution in [-0.4, -0.2) is 36.9 Å². The summed E-state index contributed by atoms with van der Waals surface area (Å²) in [5.74, 6) is 0.361. The van der Waals surface area contributed by atoms with E-state index < -0.39 is 5.91 Å². The number of benzene rings is 3. The average molecular weight is 545 g/mol. The second kappa shape index (κ2) is 12.6. The number of amides is 1. The van der Waals surface area contributed by atoms with E-state index in [0.717, 1.165) is 46.4 Å². The molecular weight excluding hydrogens is 518 g/mol. The van der Waals surface area contributed by atoms with Crippen LogP contribution in [0.15, 0.2) is 64.2 Å². The summed E-state index contributed by atoms with van der Waals surface area (Å²) in [6.07, 6.45) is 2.54. The SMILES string of the molecule is Cc1cc(/C=N/NC(=O)c2ccc(O)c(Cl)c2)cc(C)c1OCCNCCc1ccc(Br)cc1. The molecule has 3 N–H and O–H groups in total. The van der Waals surface area contributed by atoms with Gasteiger partial charge in [0.1, 0.15) is 18.1 Å². The smallest absolute Gasteiger partial charge is 0.271 e. The summed E-state index contributed by atoms with van der Waals surface area (Å²) in [6, 6.07) is 16.5. The van der Waals surface area contributed by atoms with Gasteiger partial charge in [-0.2, -0.15) is 5.10 Å². The average Bonchev–Trinajstić information content (AvgIpc) is 2.80. The highest BCUT2D eigenvalue weighted by Gasteiger charge is 2.08. The van der Waals surface area contributed by atoms with Crippen LogP contribution in [0.2, 0.25) is 5.02 Å². The van der Waals surface area contributed by atoms with Gasteiger partial charge >= 0.3 is 0 Å². The van der Waals surface area contributed by atoms with Crippen molar-refractivity contribution in [3.8, 4) is 11.5 Å². The number of hydrogen-bond acceptors (Lipinski definition) is 5. The number of nitrogens with one attached hydrogen (secondary N) is 2. The van der Waals surface area contributed by atoms with Crippen molar-refractivity contribution in [2.45, 2.75) is 20.3 Å². The minimum atomic E-state index is -0.417. The lowest BCUT2D eigenvalue weighted by atomic mass is 10.1. The molecule has 8 heteroatoms. The third-order valence-corrected chi connectivity index (χ3v) is 5.93. The first-order valence-electron chi connectivity index (χ1n) is 10.8. The molecule has 0 aliphatic carbocycles. The minimum absolute atomic E-state index is 0.0773. The Morgan fingerprint density at radius 3 is 2.47 bits per heavy atom. The van der Waals surface area contributed by atoms with E-state index in [9.17, 15) is 9.90 Å². The highest BCUT2D eigenvalue weighted by molar-refractivity contribution is 9.10. The Labute approximate surface area is 213 Å². The van der Waals surface area contributed by atoms with Gasteiger partial charge in [-0.3, -0.25) is 4.79 Å². The van der Waals surface area contributed by atoms with E-state index in [1.54, 1.807) is 6.21 Å². The molecule has 0 bridgehead atoms. The zero-order valence-corrected chi connectivity index (χ0v) is 21.4. The number of carbonyl (C=O) groups excluding carboxylic acids is 1. The van der Waals surface area contributed by atoms with Crippen LogP contribution in [0.4, 0.5) is 0 Å². The van der Waals surface area contributed by atoms with E-state index in [1.807, 2.05) is 26.0 Å². The molecule has 0 heterocycles. The number of aromatic hydroxyl groups is 1. The number of hydrogen-bond donors (Lipinski definition) is 3. The molecule has 0 radical (unpaired) electrons. The van der Waals surface area contributed by atoms with Crippen LogP contribution in [0.1, 0.15) is 32.6 Å². The van der Waals surface area contributed by atoms with Gasteiger partial charge in [-0.25, -0.2) is 5.43 Å². The van der Waals surface area contributed by atoms with Crippen molar-refractivity contribution in [3.63, 3.8) is 0 Å². The van der Waals surface area contributed by atoms with Gasteiger partial charge in [-0.05, 0) is 91.5 Å². The maximum absolute atomic E-state index is 12.2. The van der Waals surface area contributed by atoms with Crippen LogP contribution in [0.25, 0.3) is 0 Å². The van der Waals surface area contributed by atoms with E-state index in [2.05, 4.69) is 56.0 Å². The number of rotatable bonds is 10. The maximum Gasteiger partial charge on any atom is 0.271 e. The van der Waals surface area contributed by atoms with Gasteiger partial charge in [0.25, 0.3) is 5.91 Å². The maximum atomic E-state index is 12.2. The molecule has 0 unspecified atom stereocenters. The number of phenols is 1. The van der Waals surface area contributed by atoms with Crippen molar-refractivity contribution in [2.24, 2.45) is 5.10 Å². The lowest BCUT2D eigenvalue weighted by Crippen LogP contribution is -2.23. The van der Waals surface area contributed by atoms with E-state index in [1.165, 1.54) is 23.8 Å². The summed E-state index contributed by atoms with van der Waals surface area (Å²) in [5.41, 5.74) is 6.90. The van der Waals surface area contributed by atoms with Crippen LogP contribution in [0, 0.1) is 13.8 Å². The Kier molecular flexibility index (Phi) is 9.51. The second-order valence-corrected chi connectivity index (χ2v) is 9.15. The quantitative estimate of drug-likeness (QED) is 0.181. The second-order valence-electron chi connectivity index (χ2n) is 7.82. The molecule has 0 fully saturated rings. The Morgan fingerprint density at radius 1 is 1.09 bits per heavy atom. The van der Waals surface area contributed by atoms with Crippen LogP contribution < -0.4 is 15.5 Å². The van der Waals surface area contributed by atoms with Crippen molar-refractivity contribution in [2.75, 3.05) is 19.7 Å². The Balaban J connectivity index is 1.45. The van der Waals surface area contributed by atoms with Crippen molar-refractivity contribution < 1.29 is 14.6 Å². The molecule has 178 valence electrons. The van der Waals surface area contributed by atoms with Gasteiger partial charge in [0, 0.05) is 16.6 Å². The normalized spacial score (nSPS) is 11.1. The first kappa shape index (κ1) is 25.7. The van der Waals surface area contributed by atoms with Crippen molar-refractivity contribution in [3.05, 3.63) is 91.9 Å². The number of nitrogens with zero attached hydrogens (tertiary/aromatic N) is 1. The molecule has 0 aliphatic heterocycles. The summed E-state index contributed by atoms with van der Waals surface area (Å²) >= 11 is 9.29. The topological polar surface area (TPSA) is 83.0 Å². The number of hydrazone groups is 1. The molecule has 1 amide bonds. The van der Waals surface area contributed by atoms with Crippen molar-refractivity contribution >= 4 is 39.7 Å². The first-order chi connectivity index (χ1) is 16.3. The summed E-state index contributed by atoms with van der Waals surface area (Å²) in [5, 5.41) is 17.0. The predicted molar refractivity (Wildman–Crippen MR) is 140 cm³/mol. The predicted octanol–water partition coefficient (Wildman–Crippen LogP) is 5.40. The largest absolute Gasteiger partial charge is 0.506 e. The molecule has 3 aromatic rings. The first-order valence-corrected chi connectivity index (χ1v) is 12.0. The van der Waals surface area contributed by atoms with E-state index in [0.29, 0.717) is 12.2 Å². The monoisotopic (exact) mass is 543 g/mol. The lowest BCUT2D eigenvalue weighted by molar-refractivity contribution is 0.0955. The molecule has 34 heavy (non-hydrogen) atoms. The number of ether oxygens (including phenoxy) is 1. The number of carbonyl (C=O) groups is 1. The van der Waals surface area contributed by atoms with Crippen LogP contribution in [0.3, 0.4) is 0 Å². The third-order valence-electron chi connectivity index (χ3n) is 5.10.